The third kappa shape index (κ3) is 4.56. The summed E-state index contributed by atoms with van der Waals surface area (Å²) in [6, 6.07) is 5.25. The second-order valence-corrected chi connectivity index (χ2v) is 4.82. The first kappa shape index (κ1) is 15.5. The second-order valence-electron chi connectivity index (χ2n) is 4.82. The Balaban J connectivity index is 1.79. The van der Waals surface area contributed by atoms with Crippen LogP contribution in [0.15, 0.2) is 36.7 Å². The Morgan fingerprint density at radius 2 is 1.95 bits per heavy atom. The number of nitrogens with zero attached hydrogens (tertiary/aromatic N) is 3. The number of rotatable bonds is 6. The number of halogens is 3. The molecule has 7 heteroatoms. The van der Waals surface area contributed by atoms with Crippen LogP contribution in [0, 0.1) is 0 Å². The first-order chi connectivity index (χ1) is 9.97. The molecule has 0 aliphatic carbocycles. The molecule has 0 radical (unpaired) electrons. The number of hydrogen-bond donors (Lipinski definition) is 1. The zero-order valence-electron chi connectivity index (χ0n) is 11.6. The van der Waals surface area contributed by atoms with E-state index in [9.17, 15) is 13.2 Å². The van der Waals surface area contributed by atoms with Crippen molar-refractivity contribution in [3.8, 4) is 0 Å². The summed E-state index contributed by atoms with van der Waals surface area (Å²) in [5.41, 5.74) is 0.216. The van der Waals surface area contributed by atoms with E-state index in [1.54, 1.807) is 17.1 Å². The van der Waals surface area contributed by atoms with Gasteiger partial charge in [-0.3, -0.25) is 4.68 Å². The maximum atomic E-state index is 12.5. The van der Waals surface area contributed by atoms with Gasteiger partial charge in [0.1, 0.15) is 0 Å². The number of alkyl halides is 3. The summed E-state index contributed by atoms with van der Waals surface area (Å²) < 4.78 is 39.2. The molecule has 21 heavy (non-hydrogen) atoms. The predicted octanol–water partition coefficient (Wildman–Crippen LogP) is 3.04. The lowest BCUT2D eigenvalue weighted by atomic mass is 10.1. The van der Waals surface area contributed by atoms with Crippen molar-refractivity contribution in [2.24, 2.45) is 0 Å². The summed E-state index contributed by atoms with van der Waals surface area (Å²) in [5.74, 6) is 0. The average Bonchev–Trinajstić information content (AvgIpc) is 2.96. The molecule has 1 atom stereocenters. The molecular formula is C14H17F3N4. The number of hydrogen-bond acceptors (Lipinski definition) is 3. The van der Waals surface area contributed by atoms with Crippen molar-refractivity contribution in [1.29, 1.82) is 0 Å². The van der Waals surface area contributed by atoms with Crippen LogP contribution in [-0.4, -0.2) is 21.5 Å². The van der Waals surface area contributed by atoms with E-state index in [1.807, 2.05) is 6.92 Å². The summed E-state index contributed by atoms with van der Waals surface area (Å²) in [6.45, 7) is 3.44. The maximum Gasteiger partial charge on any atom is 0.416 e. The number of nitrogens with one attached hydrogen (secondary N) is 1. The Hall–Kier alpha value is -1.89. The SMILES string of the molecule is CC(NCCCn1ccnn1)c1ccc(C(F)(F)F)cc1. The minimum absolute atomic E-state index is 0.00281. The molecule has 0 aliphatic rings. The van der Waals surface area contributed by atoms with E-state index < -0.39 is 11.7 Å². The zero-order valence-corrected chi connectivity index (χ0v) is 11.6. The molecule has 0 aliphatic heterocycles. The molecule has 0 bridgehead atoms. The first-order valence-corrected chi connectivity index (χ1v) is 6.71. The smallest absolute Gasteiger partial charge is 0.310 e. The van der Waals surface area contributed by atoms with E-state index in [0.717, 1.165) is 37.2 Å². The van der Waals surface area contributed by atoms with Gasteiger partial charge in [-0.2, -0.15) is 13.2 Å². The highest BCUT2D eigenvalue weighted by Crippen LogP contribution is 2.29. The van der Waals surface area contributed by atoms with Gasteiger partial charge in [0.25, 0.3) is 0 Å². The van der Waals surface area contributed by atoms with Crippen molar-refractivity contribution in [3.63, 3.8) is 0 Å². The minimum atomic E-state index is -4.28. The molecule has 0 fully saturated rings. The van der Waals surface area contributed by atoms with E-state index >= 15 is 0 Å². The zero-order chi connectivity index (χ0) is 15.3. The van der Waals surface area contributed by atoms with E-state index in [1.165, 1.54) is 12.1 Å². The van der Waals surface area contributed by atoms with Crippen molar-refractivity contribution >= 4 is 0 Å². The molecule has 1 unspecified atom stereocenters. The monoisotopic (exact) mass is 298 g/mol. The molecular weight excluding hydrogens is 281 g/mol. The predicted molar refractivity (Wildman–Crippen MR) is 72.5 cm³/mol. The van der Waals surface area contributed by atoms with Gasteiger partial charge in [-0.15, -0.1) is 5.10 Å². The third-order valence-corrected chi connectivity index (χ3v) is 3.22. The minimum Gasteiger partial charge on any atom is -0.310 e. The Morgan fingerprint density at radius 1 is 1.24 bits per heavy atom. The highest BCUT2D eigenvalue weighted by atomic mass is 19.4. The Bertz CT molecular complexity index is 534. The highest BCUT2D eigenvalue weighted by Gasteiger charge is 2.30. The Labute approximate surface area is 121 Å². The molecule has 1 aromatic carbocycles. The van der Waals surface area contributed by atoms with Crippen molar-refractivity contribution in [3.05, 3.63) is 47.8 Å². The normalized spacial score (nSPS) is 13.3. The molecule has 0 saturated heterocycles. The van der Waals surface area contributed by atoms with Crippen LogP contribution in [0.25, 0.3) is 0 Å². The average molecular weight is 298 g/mol. The third-order valence-electron chi connectivity index (χ3n) is 3.22. The van der Waals surface area contributed by atoms with Crippen LogP contribution < -0.4 is 5.32 Å². The van der Waals surface area contributed by atoms with Crippen LogP contribution in [0.5, 0.6) is 0 Å². The summed E-state index contributed by atoms with van der Waals surface area (Å²) in [5, 5.41) is 10.8. The van der Waals surface area contributed by atoms with Gasteiger partial charge in [0.15, 0.2) is 0 Å². The van der Waals surface area contributed by atoms with Crippen molar-refractivity contribution in [1.82, 2.24) is 20.3 Å². The van der Waals surface area contributed by atoms with Crippen LogP contribution >= 0.6 is 0 Å². The fourth-order valence-electron chi connectivity index (χ4n) is 1.99. The quantitative estimate of drug-likeness (QED) is 0.834. The standard InChI is InChI=1S/C14H17F3N4/c1-11(18-7-2-9-21-10-8-19-20-21)12-3-5-13(6-4-12)14(15,16)17/h3-6,8,10-11,18H,2,7,9H2,1H3. The van der Waals surface area contributed by atoms with Crippen LogP contribution in [0.3, 0.4) is 0 Å². The van der Waals surface area contributed by atoms with E-state index in [4.69, 9.17) is 0 Å². The highest BCUT2D eigenvalue weighted by molar-refractivity contribution is 5.26. The van der Waals surface area contributed by atoms with Crippen LogP contribution in [0.4, 0.5) is 13.2 Å². The van der Waals surface area contributed by atoms with Gasteiger partial charge in [0.05, 0.1) is 11.8 Å². The van der Waals surface area contributed by atoms with Gasteiger partial charge in [-0.25, -0.2) is 0 Å². The van der Waals surface area contributed by atoms with E-state index in [-0.39, 0.29) is 6.04 Å². The lowest BCUT2D eigenvalue weighted by Gasteiger charge is -2.15. The van der Waals surface area contributed by atoms with Gasteiger partial charge in [0, 0.05) is 18.8 Å². The van der Waals surface area contributed by atoms with Gasteiger partial charge < -0.3 is 5.32 Å². The van der Waals surface area contributed by atoms with Crippen LogP contribution in [0.1, 0.15) is 30.5 Å². The van der Waals surface area contributed by atoms with Gasteiger partial charge >= 0.3 is 6.18 Å². The molecule has 1 heterocycles. The van der Waals surface area contributed by atoms with Crippen molar-refractivity contribution < 1.29 is 13.2 Å². The van der Waals surface area contributed by atoms with Crippen molar-refractivity contribution in [2.75, 3.05) is 6.54 Å². The Morgan fingerprint density at radius 3 is 2.52 bits per heavy atom. The van der Waals surface area contributed by atoms with E-state index in [2.05, 4.69) is 15.6 Å². The molecule has 0 spiro atoms. The molecule has 0 saturated carbocycles. The summed E-state index contributed by atoms with van der Waals surface area (Å²) >= 11 is 0. The van der Waals surface area contributed by atoms with E-state index in [0.29, 0.717) is 0 Å². The molecule has 0 amide bonds. The molecule has 1 aromatic heterocycles. The molecule has 4 nitrogen and oxygen atoms in total. The Kier molecular flexibility index (Phi) is 4.95. The summed E-state index contributed by atoms with van der Waals surface area (Å²) in [6.07, 6.45) is -0.00111. The van der Waals surface area contributed by atoms with Crippen LogP contribution in [0.2, 0.25) is 0 Å². The van der Waals surface area contributed by atoms with Crippen LogP contribution in [-0.2, 0) is 12.7 Å². The van der Waals surface area contributed by atoms with Crippen molar-refractivity contribution in [2.45, 2.75) is 32.1 Å². The number of benzene rings is 1. The fourth-order valence-corrected chi connectivity index (χ4v) is 1.99. The lowest BCUT2D eigenvalue weighted by Crippen LogP contribution is -2.21. The molecule has 2 aromatic rings. The van der Waals surface area contributed by atoms with Gasteiger partial charge in [-0.1, -0.05) is 17.3 Å². The second kappa shape index (κ2) is 6.71. The summed E-state index contributed by atoms with van der Waals surface area (Å²) in [7, 11) is 0. The first-order valence-electron chi connectivity index (χ1n) is 6.71. The molecule has 1 N–H and O–H groups in total. The van der Waals surface area contributed by atoms with Gasteiger partial charge in [0.2, 0.25) is 0 Å². The lowest BCUT2D eigenvalue weighted by molar-refractivity contribution is -0.137. The number of aromatic nitrogens is 3. The molecule has 114 valence electrons. The maximum absolute atomic E-state index is 12.5. The number of aryl methyl sites for hydroxylation is 1. The van der Waals surface area contributed by atoms with Gasteiger partial charge in [-0.05, 0) is 37.6 Å². The fraction of sp³-hybridized carbons (Fsp3) is 0.429. The summed E-state index contributed by atoms with van der Waals surface area (Å²) in [4.78, 5) is 0. The topological polar surface area (TPSA) is 42.7 Å². The largest absolute Gasteiger partial charge is 0.416 e. The molecule has 2 rings (SSSR count).